The molecule has 1 fully saturated rings. The quantitative estimate of drug-likeness (QED) is 0.939. The van der Waals surface area contributed by atoms with Crippen LogP contribution in [0.1, 0.15) is 12.8 Å². The minimum Gasteiger partial charge on any atom is -0.493 e. The molecule has 0 aliphatic carbocycles. The van der Waals surface area contributed by atoms with E-state index in [2.05, 4.69) is 10.3 Å². The Kier molecular flexibility index (Phi) is 3.94. The zero-order chi connectivity index (χ0) is 14.8. The van der Waals surface area contributed by atoms with Crippen molar-refractivity contribution in [1.82, 2.24) is 4.98 Å². The fraction of sp³-hybridized carbons (Fsp3) is 0.429. The lowest BCUT2D eigenvalue weighted by atomic mass is 10.2. The maximum absolute atomic E-state index is 12.0. The number of carbonyl (C=O) groups excluding carboxylic acids is 1. The van der Waals surface area contributed by atoms with Crippen molar-refractivity contribution < 1.29 is 19.0 Å². The Morgan fingerprint density at radius 3 is 2.81 bits per heavy atom. The van der Waals surface area contributed by atoms with Gasteiger partial charge in [-0.15, -0.1) is 0 Å². The van der Waals surface area contributed by atoms with Gasteiger partial charge in [-0.3, -0.25) is 10.1 Å². The molecule has 0 bridgehead atoms. The molecule has 0 radical (unpaired) electrons. The van der Waals surface area contributed by atoms with E-state index >= 15 is 0 Å². The van der Waals surface area contributed by atoms with E-state index in [4.69, 9.17) is 14.2 Å². The number of fused-ring (bicyclic) bond motifs is 1. The zero-order valence-electron chi connectivity index (χ0n) is 11.8. The Morgan fingerprint density at radius 2 is 2.14 bits per heavy atom. The number of amides is 1. The molecule has 1 aliphatic rings. The van der Waals surface area contributed by atoms with Crippen LogP contribution in [-0.4, -0.2) is 37.8 Å². The average molecular weight is 308 g/mol. The molecule has 1 aliphatic heterocycles. The van der Waals surface area contributed by atoms with Crippen molar-refractivity contribution in [2.45, 2.75) is 18.9 Å². The minimum atomic E-state index is -0.360. The Morgan fingerprint density at radius 1 is 1.38 bits per heavy atom. The standard InChI is InChI=1S/C14H16N2O4S/c1-18-10-6-8-12(7-11(10)19-2)21-14(15-8)16-13(17)9-4-3-5-20-9/h6-7,9H,3-5H2,1-2H3,(H,15,16,17)/t9-/m0/s1. The second kappa shape index (κ2) is 5.87. The number of anilines is 1. The van der Waals surface area contributed by atoms with Crippen molar-refractivity contribution in [2.24, 2.45) is 0 Å². The summed E-state index contributed by atoms with van der Waals surface area (Å²) in [6, 6.07) is 3.65. The number of hydrogen-bond donors (Lipinski definition) is 1. The number of methoxy groups -OCH3 is 2. The molecule has 1 amide bonds. The van der Waals surface area contributed by atoms with Gasteiger partial charge in [0.1, 0.15) is 6.10 Å². The molecule has 3 rings (SSSR count). The van der Waals surface area contributed by atoms with Crippen LogP contribution in [0.25, 0.3) is 10.2 Å². The zero-order valence-corrected chi connectivity index (χ0v) is 12.7. The van der Waals surface area contributed by atoms with Crippen molar-refractivity contribution in [3.05, 3.63) is 12.1 Å². The van der Waals surface area contributed by atoms with Gasteiger partial charge >= 0.3 is 0 Å². The molecule has 0 unspecified atom stereocenters. The predicted molar refractivity (Wildman–Crippen MR) is 80.3 cm³/mol. The highest BCUT2D eigenvalue weighted by Gasteiger charge is 2.24. The van der Waals surface area contributed by atoms with Crippen LogP contribution in [0.3, 0.4) is 0 Å². The predicted octanol–water partition coefficient (Wildman–Crippen LogP) is 2.43. The van der Waals surface area contributed by atoms with E-state index in [9.17, 15) is 4.79 Å². The fourth-order valence-electron chi connectivity index (χ4n) is 2.28. The summed E-state index contributed by atoms with van der Waals surface area (Å²) in [4.78, 5) is 16.4. The molecular formula is C14H16N2O4S. The molecule has 1 saturated heterocycles. The summed E-state index contributed by atoms with van der Waals surface area (Å²) in [7, 11) is 3.17. The lowest BCUT2D eigenvalue weighted by Gasteiger charge is -2.07. The summed E-state index contributed by atoms with van der Waals surface area (Å²) in [5.74, 6) is 1.13. The SMILES string of the molecule is COc1cc2nc(NC(=O)[C@@H]3CCCO3)sc2cc1OC. The maximum atomic E-state index is 12.0. The van der Waals surface area contributed by atoms with Crippen molar-refractivity contribution in [1.29, 1.82) is 0 Å². The molecule has 1 aromatic carbocycles. The third-order valence-electron chi connectivity index (χ3n) is 3.35. The third-order valence-corrected chi connectivity index (χ3v) is 4.28. The van der Waals surface area contributed by atoms with Crippen LogP contribution < -0.4 is 14.8 Å². The molecule has 1 N–H and O–H groups in total. The van der Waals surface area contributed by atoms with E-state index in [-0.39, 0.29) is 12.0 Å². The monoisotopic (exact) mass is 308 g/mol. The molecule has 7 heteroatoms. The minimum absolute atomic E-state index is 0.134. The van der Waals surface area contributed by atoms with Gasteiger partial charge < -0.3 is 14.2 Å². The molecule has 1 atom stereocenters. The molecule has 6 nitrogen and oxygen atoms in total. The number of aromatic nitrogens is 1. The normalized spacial score (nSPS) is 17.9. The van der Waals surface area contributed by atoms with Gasteiger partial charge in [-0.25, -0.2) is 4.98 Å². The van der Waals surface area contributed by atoms with Crippen molar-refractivity contribution in [3.8, 4) is 11.5 Å². The van der Waals surface area contributed by atoms with Gasteiger partial charge in [-0.1, -0.05) is 11.3 Å². The first kappa shape index (κ1) is 14.1. The van der Waals surface area contributed by atoms with E-state index in [1.807, 2.05) is 6.07 Å². The van der Waals surface area contributed by atoms with Crippen LogP contribution in [-0.2, 0) is 9.53 Å². The van der Waals surface area contributed by atoms with Gasteiger partial charge in [-0.05, 0) is 12.8 Å². The lowest BCUT2D eigenvalue weighted by molar-refractivity contribution is -0.124. The molecular weight excluding hydrogens is 292 g/mol. The summed E-state index contributed by atoms with van der Waals surface area (Å²) in [5.41, 5.74) is 0.764. The van der Waals surface area contributed by atoms with Gasteiger partial charge in [0, 0.05) is 18.7 Å². The molecule has 0 spiro atoms. The van der Waals surface area contributed by atoms with E-state index in [1.165, 1.54) is 11.3 Å². The van der Waals surface area contributed by atoms with E-state index in [0.717, 1.165) is 23.1 Å². The number of ether oxygens (including phenoxy) is 3. The highest BCUT2D eigenvalue weighted by atomic mass is 32.1. The number of nitrogens with one attached hydrogen (secondary N) is 1. The molecule has 0 saturated carbocycles. The molecule has 2 heterocycles. The van der Waals surface area contributed by atoms with Gasteiger partial charge in [0.25, 0.3) is 5.91 Å². The van der Waals surface area contributed by atoms with Crippen LogP contribution in [0.2, 0.25) is 0 Å². The van der Waals surface area contributed by atoms with Crippen molar-refractivity contribution in [2.75, 3.05) is 26.1 Å². The first-order chi connectivity index (χ1) is 10.2. The lowest BCUT2D eigenvalue weighted by Crippen LogP contribution is -2.26. The highest BCUT2D eigenvalue weighted by molar-refractivity contribution is 7.22. The van der Waals surface area contributed by atoms with Gasteiger partial charge in [-0.2, -0.15) is 0 Å². The summed E-state index contributed by atoms with van der Waals surface area (Å²) < 4.78 is 16.8. The average Bonchev–Trinajstić information content (AvgIpc) is 3.14. The van der Waals surface area contributed by atoms with Crippen LogP contribution in [0.4, 0.5) is 5.13 Å². The largest absolute Gasteiger partial charge is 0.493 e. The Bertz CT molecular complexity index is 623. The second-order valence-electron chi connectivity index (χ2n) is 4.68. The first-order valence-corrected chi connectivity index (χ1v) is 7.48. The highest BCUT2D eigenvalue weighted by Crippen LogP contribution is 2.36. The Hall–Kier alpha value is -1.86. The number of nitrogens with zero attached hydrogens (tertiary/aromatic N) is 1. The maximum Gasteiger partial charge on any atom is 0.255 e. The van der Waals surface area contributed by atoms with Gasteiger partial charge in [0.05, 0.1) is 24.4 Å². The molecule has 21 heavy (non-hydrogen) atoms. The molecule has 112 valence electrons. The Balaban J connectivity index is 1.85. The number of rotatable bonds is 4. The van der Waals surface area contributed by atoms with Crippen molar-refractivity contribution >= 4 is 32.6 Å². The number of hydrogen-bond acceptors (Lipinski definition) is 6. The fourth-order valence-corrected chi connectivity index (χ4v) is 3.16. The molecule has 1 aromatic heterocycles. The smallest absolute Gasteiger partial charge is 0.255 e. The molecule has 2 aromatic rings. The number of carbonyl (C=O) groups is 1. The van der Waals surface area contributed by atoms with Gasteiger partial charge in [0.15, 0.2) is 16.6 Å². The van der Waals surface area contributed by atoms with Gasteiger partial charge in [0.2, 0.25) is 0 Å². The van der Waals surface area contributed by atoms with Crippen LogP contribution in [0.15, 0.2) is 12.1 Å². The van der Waals surface area contributed by atoms with Crippen LogP contribution in [0.5, 0.6) is 11.5 Å². The summed E-state index contributed by atoms with van der Waals surface area (Å²) in [5, 5.41) is 3.37. The van der Waals surface area contributed by atoms with E-state index in [1.54, 1.807) is 20.3 Å². The van der Waals surface area contributed by atoms with E-state index in [0.29, 0.717) is 23.2 Å². The summed E-state index contributed by atoms with van der Waals surface area (Å²) in [6.07, 6.45) is 1.33. The second-order valence-corrected chi connectivity index (χ2v) is 5.72. The third kappa shape index (κ3) is 2.79. The van der Waals surface area contributed by atoms with Crippen LogP contribution in [0, 0.1) is 0 Å². The summed E-state index contributed by atoms with van der Waals surface area (Å²) in [6.45, 7) is 0.645. The number of thiazole rings is 1. The topological polar surface area (TPSA) is 69.7 Å². The van der Waals surface area contributed by atoms with Crippen LogP contribution >= 0.6 is 11.3 Å². The van der Waals surface area contributed by atoms with Crippen molar-refractivity contribution in [3.63, 3.8) is 0 Å². The summed E-state index contributed by atoms with van der Waals surface area (Å²) >= 11 is 1.40. The van der Waals surface area contributed by atoms with E-state index < -0.39 is 0 Å². The Labute approximate surface area is 126 Å². The first-order valence-electron chi connectivity index (χ1n) is 6.66. The number of benzene rings is 1.